The first-order valence-electron chi connectivity index (χ1n) is 5.25. The standard InChI is InChI=1S/C10H16N2O2/c1-2-7-12-10(13)8-3-5-11-6-4-9(8)14-12/h11H,2-7H2,1H3. The predicted octanol–water partition coefficient (Wildman–Crippen LogP) is 0.539. The zero-order valence-corrected chi connectivity index (χ0v) is 8.51. The van der Waals surface area contributed by atoms with Crippen molar-refractivity contribution < 1.29 is 4.52 Å². The van der Waals surface area contributed by atoms with Gasteiger partial charge in [0.05, 0.1) is 12.1 Å². The third-order valence-electron chi connectivity index (χ3n) is 2.55. The second-order valence-electron chi connectivity index (χ2n) is 3.65. The average molecular weight is 196 g/mol. The van der Waals surface area contributed by atoms with Gasteiger partial charge in [-0.05, 0) is 19.4 Å². The molecule has 0 saturated heterocycles. The molecule has 14 heavy (non-hydrogen) atoms. The number of rotatable bonds is 2. The fraction of sp³-hybridized carbons (Fsp3) is 0.700. The fourth-order valence-corrected chi connectivity index (χ4v) is 1.83. The van der Waals surface area contributed by atoms with Crippen molar-refractivity contribution in [3.05, 3.63) is 21.7 Å². The van der Waals surface area contributed by atoms with E-state index in [0.717, 1.165) is 43.7 Å². The number of aryl methyl sites for hydroxylation is 1. The zero-order valence-electron chi connectivity index (χ0n) is 8.51. The molecule has 78 valence electrons. The van der Waals surface area contributed by atoms with Crippen molar-refractivity contribution in [2.24, 2.45) is 0 Å². The van der Waals surface area contributed by atoms with Crippen molar-refractivity contribution in [1.29, 1.82) is 0 Å². The molecule has 1 aromatic rings. The summed E-state index contributed by atoms with van der Waals surface area (Å²) in [5.41, 5.74) is 0.953. The average Bonchev–Trinajstić information content (AvgIpc) is 2.41. The van der Waals surface area contributed by atoms with Crippen molar-refractivity contribution in [2.45, 2.75) is 32.7 Å². The minimum Gasteiger partial charge on any atom is -0.381 e. The van der Waals surface area contributed by atoms with Gasteiger partial charge in [0, 0.05) is 13.0 Å². The Morgan fingerprint density at radius 1 is 1.43 bits per heavy atom. The van der Waals surface area contributed by atoms with Crippen molar-refractivity contribution in [3.8, 4) is 0 Å². The molecule has 0 aliphatic carbocycles. The Balaban J connectivity index is 2.35. The van der Waals surface area contributed by atoms with Crippen LogP contribution in [0.1, 0.15) is 24.7 Å². The molecule has 0 aromatic carbocycles. The summed E-state index contributed by atoms with van der Waals surface area (Å²) >= 11 is 0. The monoisotopic (exact) mass is 196 g/mol. The summed E-state index contributed by atoms with van der Waals surface area (Å²) in [6, 6.07) is 0. The van der Waals surface area contributed by atoms with Crippen molar-refractivity contribution in [3.63, 3.8) is 0 Å². The lowest BCUT2D eigenvalue weighted by atomic mass is 10.2. The smallest absolute Gasteiger partial charge is 0.285 e. The van der Waals surface area contributed by atoms with E-state index in [-0.39, 0.29) is 5.56 Å². The fourth-order valence-electron chi connectivity index (χ4n) is 1.83. The number of hydrogen-bond acceptors (Lipinski definition) is 3. The summed E-state index contributed by atoms with van der Waals surface area (Å²) < 4.78 is 7.02. The van der Waals surface area contributed by atoms with Crippen LogP contribution in [-0.2, 0) is 19.4 Å². The van der Waals surface area contributed by atoms with E-state index in [1.165, 1.54) is 4.74 Å². The van der Waals surface area contributed by atoms with Gasteiger partial charge in [0.15, 0.2) is 0 Å². The first-order chi connectivity index (χ1) is 6.83. The van der Waals surface area contributed by atoms with E-state index in [4.69, 9.17) is 4.52 Å². The zero-order chi connectivity index (χ0) is 9.97. The molecule has 0 unspecified atom stereocenters. The first kappa shape index (κ1) is 9.52. The van der Waals surface area contributed by atoms with E-state index in [1.807, 2.05) is 6.92 Å². The highest BCUT2D eigenvalue weighted by Crippen LogP contribution is 2.09. The molecule has 1 aliphatic rings. The van der Waals surface area contributed by atoms with E-state index in [0.29, 0.717) is 6.54 Å². The minimum atomic E-state index is 0.0746. The summed E-state index contributed by atoms with van der Waals surface area (Å²) in [6.07, 6.45) is 2.57. The molecule has 4 heteroatoms. The summed E-state index contributed by atoms with van der Waals surface area (Å²) in [5, 5.41) is 3.25. The van der Waals surface area contributed by atoms with Crippen LogP contribution in [0.4, 0.5) is 0 Å². The van der Waals surface area contributed by atoms with Gasteiger partial charge in [-0.2, -0.15) is 4.74 Å². The SMILES string of the molecule is CCCn1oc2c(c1=O)CCNCC2. The van der Waals surface area contributed by atoms with Gasteiger partial charge in [0.25, 0.3) is 5.56 Å². The maximum absolute atomic E-state index is 11.8. The Bertz CT molecular complexity index is 365. The Hall–Kier alpha value is -1.03. The van der Waals surface area contributed by atoms with Crippen LogP contribution in [0.25, 0.3) is 0 Å². The van der Waals surface area contributed by atoms with Crippen LogP contribution in [0.3, 0.4) is 0 Å². The highest BCUT2D eigenvalue weighted by Gasteiger charge is 2.17. The van der Waals surface area contributed by atoms with Crippen LogP contribution < -0.4 is 10.9 Å². The van der Waals surface area contributed by atoms with Crippen LogP contribution in [0.5, 0.6) is 0 Å². The third-order valence-corrected chi connectivity index (χ3v) is 2.55. The Labute approximate surface area is 82.9 Å². The van der Waals surface area contributed by atoms with Gasteiger partial charge < -0.3 is 9.84 Å². The molecule has 1 aromatic heterocycles. The maximum atomic E-state index is 11.8. The molecule has 2 rings (SSSR count). The van der Waals surface area contributed by atoms with Crippen LogP contribution in [0, 0.1) is 0 Å². The minimum absolute atomic E-state index is 0.0746. The van der Waals surface area contributed by atoms with Crippen LogP contribution in [-0.4, -0.2) is 17.8 Å². The quantitative estimate of drug-likeness (QED) is 0.751. The summed E-state index contributed by atoms with van der Waals surface area (Å²) in [5.74, 6) is 0.883. The molecule has 1 N–H and O–H groups in total. The normalized spacial score (nSPS) is 16.4. The molecular weight excluding hydrogens is 180 g/mol. The molecule has 0 amide bonds. The lowest BCUT2D eigenvalue weighted by Crippen LogP contribution is -2.21. The largest absolute Gasteiger partial charge is 0.381 e. The van der Waals surface area contributed by atoms with E-state index in [9.17, 15) is 4.79 Å². The highest BCUT2D eigenvalue weighted by molar-refractivity contribution is 5.16. The molecule has 4 nitrogen and oxygen atoms in total. The maximum Gasteiger partial charge on any atom is 0.285 e. The van der Waals surface area contributed by atoms with Crippen molar-refractivity contribution >= 4 is 0 Å². The number of nitrogens with one attached hydrogen (secondary N) is 1. The van der Waals surface area contributed by atoms with Gasteiger partial charge in [-0.3, -0.25) is 4.79 Å². The molecule has 0 fully saturated rings. The van der Waals surface area contributed by atoms with Gasteiger partial charge >= 0.3 is 0 Å². The van der Waals surface area contributed by atoms with E-state index >= 15 is 0 Å². The Morgan fingerprint density at radius 3 is 3.00 bits per heavy atom. The molecule has 0 spiro atoms. The second-order valence-corrected chi connectivity index (χ2v) is 3.65. The second kappa shape index (κ2) is 4.00. The van der Waals surface area contributed by atoms with Crippen molar-refractivity contribution in [2.75, 3.05) is 13.1 Å². The number of aromatic nitrogens is 1. The van der Waals surface area contributed by atoms with Crippen LogP contribution in [0.15, 0.2) is 9.32 Å². The van der Waals surface area contributed by atoms with Gasteiger partial charge in [0.1, 0.15) is 5.76 Å². The van der Waals surface area contributed by atoms with Gasteiger partial charge in [-0.1, -0.05) is 6.92 Å². The summed E-state index contributed by atoms with van der Waals surface area (Å²) in [4.78, 5) is 11.8. The van der Waals surface area contributed by atoms with E-state index in [2.05, 4.69) is 5.32 Å². The molecule has 2 heterocycles. The van der Waals surface area contributed by atoms with Crippen LogP contribution >= 0.6 is 0 Å². The highest BCUT2D eigenvalue weighted by atomic mass is 16.5. The van der Waals surface area contributed by atoms with Crippen molar-refractivity contribution in [1.82, 2.24) is 10.1 Å². The number of fused-ring (bicyclic) bond motifs is 1. The molecule has 0 atom stereocenters. The third kappa shape index (κ3) is 1.62. The lowest BCUT2D eigenvalue weighted by molar-refractivity contribution is 0.240. The molecular formula is C10H16N2O2. The summed E-state index contributed by atoms with van der Waals surface area (Å²) in [7, 11) is 0. The Kier molecular flexibility index (Phi) is 2.72. The predicted molar refractivity (Wildman–Crippen MR) is 53.5 cm³/mol. The molecule has 0 radical (unpaired) electrons. The summed E-state index contributed by atoms with van der Waals surface area (Å²) in [6.45, 7) is 4.53. The van der Waals surface area contributed by atoms with Gasteiger partial charge in [0.2, 0.25) is 0 Å². The van der Waals surface area contributed by atoms with Crippen LogP contribution in [0.2, 0.25) is 0 Å². The molecule has 0 saturated carbocycles. The number of hydrogen-bond donors (Lipinski definition) is 1. The van der Waals surface area contributed by atoms with E-state index in [1.54, 1.807) is 0 Å². The van der Waals surface area contributed by atoms with E-state index < -0.39 is 0 Å². The lowest BCUT2D eigenvalue weighted by Gasteiger charge is -1.97. The van der Waals surface area contributed by atoms with Gasteiger partial charge in [-0.25, -0.2) is 0 Å². The molecule has 0 bridgehead atoms. The first-order valence-corrected chi connectivity index (χ1v) is 5.25. The van der Waals surface area contributed by atoms with Gasteiger partial charge in [-0.15, -0.1) is 0 Å². The Morgan fingerprint density at radius 2 is 2.21 bits per heavy atom. The molecule has 1 aliphatic heterocycles. The topological polar surface area (TPSA) is 47.2 Å². The number of nitrogens with zero attached hydrogens (tertiary/aromatic N) is 1.